The second kappa shape index (κ2) is 4.46. The van der Waals surface area contributed by atoms with E-state index >= 15 is 0 Å². The lowest BCUT2D eigenvalue weighted by Gasteiger charge is -2.11. The lowest BCUT2D eigenvalue weighted by atomic mass is 10.1. The van der Waals surface area contributed by atoms with Crippen LogP contribution in [0.2, 0.25) is 0 Å². The van der Waals surface area contributed by atoms with Gasteiger partial charge in [-0.1, -0.05) is 18.2 Å². The number of nitrogens with one attached hydrogen (secondary N) is 2. The van der Waals surface area contributed by atoms with Crippen molar-refractivity contribution in [3.05, 3.63) is 52.5 Å². The van der Waals surface area contributed by atoms with Gasteiger partial charge in [0.25, 0.3) is 0 Å². The van der Waals surface area contributed by atoms with E-state index < -0.39 is 0 Å². The van der Waals surface area contributed by atoms with E-state index in [1.165, 1.54) is 0 Å². The average molecular weight is 303 g/mol. The quantitative estimate of drug-likeness (QED) is 0.888. The number of carbonyl (C=O) groups excluding carboxylic acids is 1. The second-order valence-electron chi connectivity index (χ2n) is 4.16. The maximum atomic E-state index is 11.4. The van der Waals surface area contributed by atoms with E-state index in [9.17, 15) is 4.79 Å². The van der Waals surface area contributed by atoms with Gasteiger partial charge >= 0.3 is 0 Å². The molecule has 1 aliphatic rings. The summed E-state index contributed by atoms with van der Waals surface area (Å²) in [6, 6.07) is 13.8. The largest absolute Gasteiger partial charge is 0.354 e. The molecule has 3 rings (SSSR count). The van der Waals surface area contributed by atoms with E-state index in [2.05, 4.69) is 26.6 Å². The van der Waals surface area contributed by atoms with Crippen molar-refractivity contribution in [1.82, 2.24) is 0 Å². The van der Waals surface area contributed by atoms with Crippen molar-refractivity contribution in [1.29, 1.82) is 0 Å². The van der Waals surface area contributed by atoms with E-state index in [0.717, 1.165) is 27.1 Å². The number of fused-ring (bicyclic) bond motifs is 1. The van der Waals surface area contributed by atoms with Crippen LogP contribution in [0.3, 0.4) is 0 Å². The summed E-state index contributed by atoms with van der Waals surface area (Å²) in [4.78, 5) is 11.4. The Hall–Kier alpha value is -1.81. The zero-order valence-corrected chi connectivity index (χ0v) is 11.1. The molecule has 0 saturated carbocycles. The third-order valence-electron chi connectivity index (χ3n) is 2.93. The third kappa shape index (κ3) is 1.99. The van der Waals surface area contributed by atoms with Gasteiger partial charge in [-0.15, -0.1) is 0 Å². The van der Waals surface area contributed by atoms with Gasteiger partial charge in [0.2, 0.25) is 5.91 Å². The molecule has 0 bridgehead atoms. The summed E-state index contributed by atoms with van der Waals surface area (Å²) in [5, 5.41) is 6.20. The Bertz CT molecular complexity index is 625. The van der Waals surface area contributed by atoms with Crippen LogP contribution in [-0.2, 0) is 11.2 Å². The molecule has 0 aromatic heterocycles. The highest BCUT2D eigenvalue weighted by Gasteiger charge is 2.20. The molecule has 1 heterocycles. The number of benzene rings is 2. The molecule has 4 heteroatoms. The standard InChI is InChI=1S/C14H11BrN2O/c15-10-4-1-2-5-13(10)16-11-6-3-7-12-9(11)8-14(18)17-12/h1-7,16H,8H2,(H,17,18). The highest BCUT2D eigenvalue weighted by atomic mass is 79.9. The summed E-state index contributed by atoms with van der Waals surface area (Å²) >= 11 is 3.50. The van der Waals surface area contributed by atoms with E-state index in [1.807, 2.05) is 42.5 Å². The maximum absolute atomic E-state index is 11.4. The first-order chi connectivity index (χ1) is 8.74. The van der Waals surface area contributed by atoms with E-state index in [-0.39, 0.29) is 5.91 Å². The Morgan fingerprint density at radius 1 is 1.06 bits per heavy atom. The Labute approximate surface area is 113 Å². The predicted molar refractivity (Wildman–Crippen MR) is 76.2 cm³/mol. The molecule has 1 aliphatic heterocycles. The van der Waals surface area contributed by atoms with Gasteiger partial charge in [-0.05, 0) is 40.2 Å². The summed E-state index contributed by atoms with van der Waals surface area (Å²) in [5.41, 5.74) is 3.89. The van der Waals surface area contributed by atoms with Gasteiger partial charge in [0.05, 0.1) is 12.1 Å². The normalized spacial score (nSPS) is 13.1. The minimum atomic E-state index is 0.0476. The Morgan fingerprint density at radius 2 is 1.83 bits per heavy atom. The second-order valence-corrected chi connectivity index (χ2v) is 5.02. The fourth-order valence-electron chi connectivity index (χ4n) is 2.07. The highest BCUT2D eigenvalue weighted by molar-refractivity contribution is 9.10. The van der Waals surface area contributed by atoms with Crippen LogP contribution >= 0.6 is 15.9 Å². The topological polar surface area (TPSA) is 41.1 Å². The van der Waals surface area contributed by atoms with Crippen LogP contribution in [0.4, 0.5) is 17.1 Å². The average Bonchev–Trinajstić information content (AvgIpc) is 2.73. The monoisotopic (exact) mass is 302 g/mol. The summed E-state index contributed by atoms with van der Waals surface area (Å²) in [6.45, 7) is 0. The predicted octanol–water partition coefficient (Wildman–Crippen LogP) is 3.69. The van der Waals surface area contributed by atoms with Crippen LogP contribution in [0, 0.1) is 0 Å². The van der Waals surface area contributed by atoms with Crippen LogP contribution in [0.1, 0.15) is 5.56 Å². The lowest BCUT2D eigenvalue weighted by molar-refractivity contribution is -0.115. The SMILES string of the molecule is O=C1Cc2c(cccc2Nc2ccccc2Br)N1. The smallest absolute Gasteiger partial charge is 0.228 e. The van der Waals surface area contributed by atoms with E-state index in [1.54, 1.807) is 0 Å². The maximum Gasteiger partial charge on any atom is 0.228 e. The van der Waals surface area contributed by atoms with Crippen molar-refractivity contribution in [3.8, 4) is 0 Å². The fraction of sp³-hybridized carbons (Fsp3) is 0.0714. The molecule has 0 aliphatic carbocycles. The van der Waals surface area contributed by atoms with Crippen LogP contribution < -0.4 is 10.6 Å². The van der Waals surface area contributed by atoms with Gasteiger partial charge in [-0.3, -0.25) is 4.79 Å². The number of hydrogen-bond acceptors (Lipinski definition) is 2. The summed E-state index contributed by atoms with van der Waals surface area (Å²) in [6.07, 6.45) is 0.433. The summed E-state index contributed by atoms with van der Waals surface area (Å²) < 4.78 is 1.000. The number of amides is 1. The molecule has 2 aromatic carbocycles. The zero-order valence-electron chi connectivity index (χ0n) is 9.53. The van der Waals surface area contributed by atoms with Gasteiger partial charge in [0.15, 0.2) is 0 Å². The van der Waals surface area contributed by atoms with Crippen molar-refractivity contribution >= 4 is 38.9 Å². The number of carbonyl (C=O) groups is 1. The van der Waals surface area contributed by atoms with Crippen molar-refractivity contribution in [3.63, 3.8) is 0 Å². The molecule has 2 N–H and O–H groups in total. The Balaban J connectivity index is 1.98. The number of hydrogen-bond donors (Lipinski definition) is 2. The van der Waals surface area contributed by atoms with Crippen molar-refractivity contribution < 1.29 is 4.79 Å². The molecule has 2 aromatic rings. The summed E-state index contributed by atoms with van der Waals surface area (Å²) in [7, 11) is 0. The fourth-order valence-corrected chi connectivity index (χ4v) is 2.46. The van der Waals surface area contributed by atoms with Crippen molar-refractivity contribution in [2.24, 2.45) is 0 Å². The third-order valence-corrected chi connectivity index (χ3v) is 3.62. The molecule has 1 amide bonds. The Kier molecular flexibility index (Phi) is 2.80. The highest BCUT2D eigenvalue weighted by Crippen LogP contribution is 2.33. The first-order valence-corrected chi connectivity index (χ1v) is 6.46. The van der Waals surface area contributed by atoms with Crippen molar-refractivity contribution in [2.75, 3.05) is 10.6 Å². The molecule has 18 heavy (non-hydrogen) atoms. The molecule has 0 fully saturated rings. The minimum Gasteiger partial charge on any atom is -0.354 e. The number of para-hydroxylation sites is 1. The first-order valence-electron chi connectivity index (χ1n) is 5.67. The molecular weight excluding hydrogens is 292 g/mol. The zero-order chi connectivity index (χ0) is 12.5. The van der Waals surface area contributed by atoms with E-state index in [0.29, 0.717) is 6.42 Å². The number of rotatable bonds is 2. The minimum absolute atomic E-state index is 0.0476. The molecule has 0 radical (unpaired) electrons. The lowest BCUT2D eigenvalue weighted by Crippen LogP contribution is -2.03. The van der Waals surface area contributed by atoms with Gasteiger partial charge in [-0.2, -0.15) is 0 Å². The van der Waals surface area contributed by atoms with Crippen LogP contribution in [-0.4, -0.2) is 5.91 Å². The molecule has 0 atom stereocenters. The van der Waals surface area contributed by atoms with E-state index in [4.69, 9.17) is 0 Å². The molecule has 0 unspecified atom stereocenters. The van der Waals surface area contributed by atoms with Crippen LogP contribution in [0.15, 0.2) is 46.9 Å². The Morgan fingerprint density at radius 3 is 2.67 bits per heavy atom. The van der Waals surface area contributed by atoms with Gasteiger partial charge in [0.1, 0.15) is 0 Å². The molecule has 3 nitrogen and oxygen atoms in total. The van der Waals surface area contributed by atoms with Crippen molar-refractivity contribution in [2.45, 2.75) is 6.42 Å². The van der Waals surface area contributed by atoms with Gasteiger partial charge in [0, 0.05) is 21.4 Å². The number of halogens is 1. The molecule has 0 spiro atoms. The molecule has 90 valence electrons. The first kappa shape index (κ1) is 11.3. The molecular formula is C14H11BrN2O. The molecule has 0 saturated heterocycles. The van der Waals surface area contributed by atoms with Gasteiger partial charge < -0.3 is 10.6 Å². The summed E-state index contributed by atoms with van der Waals surface area (Å²) in [5.74, 6) is 0.0476. The van der Waals surface area contributed by atoms with Crippen LogP contribution in [0.25, 0.3) is 0 Å². The number of anilines is 3. The van der Waals surface area contributed by atoms with Crippen LogP contribution in [0.5, 0.6) is 0 Å². The van der Waals surface area contributed by atoms with Gasteiger partial charge in [-0.25, -0.2) is 0 Å².